The highest BCUT2D eigenvalue weighted by molar-refractivity contribution is 5.86. The lowest BCUT2D eigenvalue weighted by Crippen LogP contribution is -2.30. The fourth-order valence-electron chi connectivity index (χ4n) is 1.99. The molecule has 0 fully saturated rings. The Hall–Kier alpha value is -2.22. The number of anilines is 1. The van der Waals surface area contributed by atoms with Crippen LogP contribution < -0.4 is 10.6 Å². The minimum absolute atomic E-state index is 0.0869. The van der Waals surface area contributed by atoms with Gasteiger partial charge in [0.05, 0.1) is 18.1 Å². The molecule has 22 heavy (non-hydrogen) atoms. The maximum atomic E-state index is 11.5. The summed E-state index contributed by atoms with van der Waals surface area (Å²) in [7, 11) is 0. The third kappa shape index (κ3) is 4.14. The van der Waals surface area contributed by atoms with E-state index in [1.54, 1.807) is 10.9 Å². The number of rotatable bonds is 9. The molecule has 2 aromatic rings. The van der Waals surface area contributed by atoms with Gasteiger partial charge in [-0.1, -0.05) is 6.92 Å². The van der Waals surface area contributed by atoms with E-state index in [2.05, 4.69) is 32.6 Å². The molecule has 2 rings (SSSR count). The molecule has 2 aromatic heterocycles. The molecule has 0 aromatic carbocycles. The Morgan fingerprint density at radius 1 is 1.32 bits per heavy atom. The molecule has 0 bridgehead atoms. The molecule has 0 aliphatic heterocycles. The number of ether oxygens (including phenoxy) is 1. The van der Waals surface area contributed by atoms with Crippen LogP contribution in [-0.2, 0) is 16.1 Å². The number of amides is 1. The normalized spacial score (nSPS) is 10.8. The Balaban J connectivity index is 1.96. The fraction of sp³-hybridized carbons (Fsp3) is 0.571. The maximum absolute atomic E-state index is 11.5. The van der Waals surface area contributed by atoms with E-state index in [1.807, 2.05) is 6.92 Å². The predicted octanol–water partition coefficient (Wildman–Crippen LogP) is 0.801. The highest BCUT2D eigenvalue weighted by atomic mass is 16.5. The van der Waals surface area contributed by atoms with Gasteiger partial charge < -0.3 is 15.4 Å². The molecule has 0 aliphatic carbocycles. The standard InChI is InChI=1S/C14H22N6O2/c1-3-5-16-13-11-8-19-20(14(11)18-10-17-13)7-6-15-12(21)9-22-4-2/h8,10H,3-7,9H2,1-2H3,(H,15,21)(H,16,17,18). The van der Waals surface area contributed by atoms with E-state index in [-0.39, 0.29) is 12.5 Å². The molecule has 0 unspecified atom stereocenters. The van der Waals surface area contributed by atoms with E-state index in [0.29, 0.717) is 19.7 Å². The van der Waals surface area contributed by atoms with Crippen molar-refractivity contribution in [1.29, 1.82) is 0 Å². The van der Waals surface area contributed by atoms with Crippen LogP contribution >= 0.6 is 0 Å². The van der Waals surface area contributed by atoms with Crippen molar-refractivity contribution in [2.24, 2.45) is 0 Å². The molecule has 0 saturated heterocycles. The second-order valence-corrected chi connectivity index (χ2v) is 4.74. The number of nitrogens with zero attached hydrogens (tertiary/aromatic N) is 4. The monoisotopic (exact) mass is 306 g/mol. The Labute approximate surface area is 129 Å². The third-order valence-corrected chi connectivity index (χ3v) is 3.06. The van der Waals surface area contributed by atoms with Gasteiger partial charge in [-0.3, -0.25) is 4.79 Å². The molecule has 2 heterocycles. The van der Waals surface area contributed by atoms with Crippen LogP contribution in [0.1, 0.15) is 20.3 Å². The lowest BCUT2D eigenvalue weighted by molar-refractivity contribution is -0.125. The molecule has 0 aliphatic rings. The first-order valence-electron chi connectivity index (χ1n) is 7.51. The van der Waals surface area contributed by atoms with E-state index < -0.39 is 0 Å². The average molecular weight is 306 g/mol. The summed E-state index contributed by atoms with van der Waals surface area (Å²) in [5.41, 5.74) is 0.757. The minimum Gasteiger partial charge on any atom is -0.372 e. The predicted molar refractivity (Wildman–Crippen MR) is 83.6 cm³/mol. The zero-order chi connectivity index (χ0) is 15.8. The first kappa shape index (κ1) is 16.2. The molecule has 8 heteroatoms. The van der Waals surface area contributed by atoms with Gasteiger partial charge in [-0.25, -0.2) is 14.6 Å². The molecule has 0 atom stereocenters. The summed E-state index contributed by atoms with van der Waals surface area (Å²) < 4.78 is 6.80. The van der Waals surface area contributed by atoms with Gasteiger partial charge in [-0.15, -0.1) is 0 Å². The Morgan fingerprint density at radius 3 is 2.95 bits per heavy atom. The fourth-order valence-corrected chi connectivity index (χ4v) is 1.99. The van der Waals surface area contributed by atoms with E-state index >= 15 is 0 Å². The number of carbonyl (C=O) groups is 1. The number of fused-ring (bicyclic) bond motifs is 1. The van der Waals surface area contributed by atoms with E-state index in [4.69, 9.17) is 4.74 Å². The summed E-state index contributed by atoms with van der Waals surface area (Å²) in [6.45, 7) is 6.44. The summed E-state index contributed by atoms with van der Waals surface area (Å²) >= 11 is 0. The SMILES string of the molecule is CCCNc1ncnc2c1cnn2CCNC(=O)COCC. The van der Waals surface area contributed by atoms with Crippen LogP contribution in [0.25, 0.3) is 11.0 Å². The van der Waals surface area contributed by atoms with Crippen LogP contribution in [0.5, 0.6) is 0 Å². The quantitative estimate of drug-likeness (QED) is 0.712. The summed E-state index contributed by atoms with van der Waals surface area (Å²) in [6, 6.07) is 0. The van der Waals surface area contributed by atoms with Crippen LogP contribution in [0.3, 0.4) is 0 Å². The highest BCUT2D eigenvalue weighted by Crippen LogP contribution is 2.18. The van der Waals surface area contributed by atoms with E-state index in [0.717, 1.165) is 29.8 Å². The molecule has 0 saturated carbocycles. The molecular weight excluding hydrogens is 284 g/mol. The number of aromatic nitrogens is 4. The minimum atomic E-state index is -0.127. The van der Waals surface area contributed by atoms with Gasteiger partial charge in [0.15, 0.2) is 5.65 Å². The lowest BCUT2D eigenvalue weighted by atomic mass is 10.3. The van der Waals surface area contributed by atoms with Gasteiger partial charge in [0.1, 0.15) is 18.8 Å². The van der Waals surface area contributed by atoms with Gasteiger partial charge in [0, 0.05) is 19.7 Å². The van der Waals surface area contributed by atoms with Gasteiger partial charge in [0.25, 0.3) is 0 Å². The van der Waals surface area contributed by atoms with Crippen molar-refractivity contribution >= 4 is 22.8 Å². The highest BCUT2D eigenvalue weighted by Gasteiger charge is 2.09. The summed E-state index contributed by atoms with van der Waals surface area (Å²) in [6.07, 6.45) is 4.28. The van der Waals surface area contributed by atoms with Gasteiger partial charge in [0.2, 0.25) is 5.91 Å². The number of hydrogen-bond acceptors (Lipinski definition) is 6. The molecule has 0 spiro atoms. The number of hydrogen-bond donors (Lipinski definition) is 2. The zero-order valence-corrected chi connectivity index (χ0v) is 13.0. The molecule has 0 radical (unpaired) electrons. The zero-order valence-electron chi connectivity index (χ0n) is 13.0. The van der Waals surface area contributed by atoms with Gasteiger partial charge >= 0.3 is 0 Å². The van der Waals surface area contributed by atoms with Crippen LogP contribution in [0, 0.1) is 0 Å². The van der Waals surface area contributed by atoms with E-state index in [1.165, 1.54) is 6.33 Å². The van der Waals surface area contributed by atoms with Crippen molar-refractivity contribution in [1.82, 2.24) is 25.1 Å². The Kier molecular flexibility index (Phi) is 6.08. The van der Waals surface area contributed by atoms with Crippen LogP contribution in [0.15, 0.2) is 12.5 Å². The van der Waals surface area contributed by atoms with Crippen LogP contribution in [0.2, 0.25) is 0 Å². The third-order valence-electron chi connectivity index (χ3n) is 3.06. The Morgan fingerprint density at radius 2 is 2.18 bits per heavy atom. The lowest BCUT2D eigenvalue weighted by Gasteiger charge is -2.07. The van der Waals surface area contributed by atoms with Gasteiger partial charge in [-0.2, -0.15) is 5.10 Å². The molecule has 2 N–H and O–H groups in total. The van der Waals surface area contributed by atoms with Crippen molar-refractivity contribution in [2.75, 3.05) is 31.6 Å². The van der Waals surface area contributed by atoms with E-state index in [9.17, 15) is 4.79 Å². The first-order chi connectivity index (χ1) is 10.8. The second kappa shape index (κ2) is 8.28. The Bertz CT molecular complexity index is 612. The molecule has 1 amide bonds. The average Bonchev–Trinajstić information content (AvgIpc) is 2.95. The second-order valence-electron chi connectivity index (χ2n) is 4.74. The van der Waals surface area contributed by atoms with Crippen LogP contribution in [-0.4, -0.2) is 52.0 Å². The van der Waals surface area contributed by atoms with Crippen molar-refractivity contribution in [3.63, 3.8) is 0 Å². The largest absolute Gasteiger partial charge is 0.372 e. The molecular formula is C14H22N6O2. The van der Waals surface area contributed by atoms with Crippen molar-refractivity contribution in [2.45, 2.75) is 26.8 Å². The van der Waals surface area contributed by atoms with Crippen molar-refractivity contribution in [3.8, 4) is 0 Å². The summed E-state index contributed by atoms with van der Waals surface area (Å²) in [5, 5.41) is 11.2. The smallest absolute Gasteiger partial charge is 0.246 e. The number of nitrogens with one attached hydrogen (secondary N) is 2. The first-order valence-corrected chi connectivity index (χ1v) is 7.51. The molecule has 120 valence electrons. The van der Waals surface area contributed by atoms with Crippen LogP contribution in [0.4, 0.5) is 5.82 Å². The van der Waals surface area contributed by atoms with Crippen molar-refractivity contribution in [3.05, 3.63) is 12.5 Å². The maximum Gasteiger partial charge on any atom is 0.246 e. The van der Waals surface area contributed by atoms with Gasteiger partial charge in [-0.05, 0) is 13.3 Å². The summed E-state index contributed by atoms with van der Waals surface area (Å²) in [4.78, 5) is 20.0. The van der Waals surface area contributed by atoms with Crippen molar-refractivity contribution < 1.29 is 9.53 Å². The summed E-state index contributed by atoms with van der Waals surface area (Å²) in [5.74, 6) is 0.664. The molecule has 8 nitrogen and oxygen atoms in total. The topological polar surface area (TPSA) is 94.0 Å². The number of carbonyl (C=O) groups excluding carboxylic acids is 1.